The zero-order valence-corrected chi connectivity index (χ0v) is 16.4. The number of carbonyl (C=O) groups excluding carboxylic acids is 1. The van der Waals surface area contributed by atoms with E-state index in [0.717, 1.165) is 38.3 Å². The summed E-state index contributed by atoms with van der Waals surface area (Å²) in [4.78, 5) is 17.4. The Bertz CT molecular complexity index is 966. The number of carbonyl (C=O) groups is 1. The highest BCUT2D eigenvalue weighted by Crippen LogP contribution is 2.27. The maximum atomic E-state index is 13.1. The van der Waals surface area contributed by atoms with Crippen LogP contribution in [0.4, 0.5) is 5.69 Å². The van der Waals surface area contributed by atoms with Gasteiger partial charge in [0, 0.05) is 60.6 Å². The molecule has 1 aliphatic heterocycles. The van der Waals surface area contributed by atoms with Crippen LogP contribution in [0, 0.1) is 13.8 Å². The smallest absolute Gasteiger partial charge is 0.253 e. The van der Waals surface area contributed by atoms with E-state index in [2.05, 4.69) is 66.6 Å². The first-order valence-electron chi connectivity index (χ1n) is 9.79. The molecule has 0 N–H and O–H groups in total. The van der Waals surface area contributed by atoms with Gasteiger partial charge in [-0.05, 0) is 56.7 Å². The van der Waals surface area contributed by atoms with Gasteiger partial charge in [0.05, 0.1) is 0 Å². The molecule has 0 saturated carbocycles. The Hall–Kier alpha value is -2.75. The average Bonchev–Trinajstić information content (AvgIpc) is 2.97. The van der Waals surface area contributed by atoms with Crippen molar-refractivity contribution in [3.63, 3.8) is 0 Å². The van der Waals surface area contributed by atoms with Gasteiger partial charge in [-0.15, -0.1) is 0 Å². The van der Waals surface area contributed by atoms with Gasteiger partial charge in [-0.3, -0.25) is 4.79 Å². The zero-order chi connectivity index (χ0) is 19.0. The van der Waals surface area contributed by atoms with Gasteiger partial charge in [0.15, 0.2) is 0 Å². The average molecular weight is 361 g/mol. The fraction of sp³-hybridized carbons (Fsp3) is 0.348. The van der Waals surface area contributed by atoms with Crippen LogP contribution in [0.1, 0.15) is 28.5 Å². The molecule has 1 amide bonds. The lowest BCUT2D eigenvalue weighted by molar-refractivity contribution is 0.0747. The lowest BCUT2D eigenvalue weighted by atomic mass is 10.1. The van der Waals surface area contributed by atoms with Crippen LogP contribution in [0.5, 0.6) is 0 Å². The molecule has 0 aliphatic carbocycles. The predicted octanol–water partition coefficient (Wildman–Crippen LogP) is 4.24. The van der Waals surface area contributed by atoms with Crippen LogP contribution in [0.2, 0.25) is 0 Å². The van der Waals surface area contributed by atoms with Gasteiger partial charge >= 0.3 is 0 Å². The molecule has 1 saturated heterocycles. The molecular weight excluding hydrogens is 334 g/mol. The molecule has 0 radical (unpaired) electrons. The molecule has 0 bridgehead atoms. The normalized spacial score (nSPS) is 14.8. The SMILES string of the molecule is CCn1c(C)c(C)c2cc(C(=O)N3CCN(c4ccccc4)CC3)ccc21. The monoisotopic (exact) mass is 361 g/mol. The summed E-state index contributed by atoms with van der Waals surface area (Å²) in [5.41, 5.74) is 5.81. The number of rotatable bonds is 3. The number of amides is 1. The number of aryl methyl sites for hydroxylation is 2. The molecule has 0 atom stereocenters. The highest BCUT2D eigenvalue weighted by Gasteiger charge is 2.23. The van der Waals surface area contributed by atoms with Crippen molar-refractivity contribution >= 4 is 22.5 Å². The highest BCUT2D eigenvalue weighted by atomic mass is 16.2. The third-order valence-electron chi connectivity index (χ3n) is 5.89. The summed E-state index contributed by atoms with van der Waals surface area (Å²) >= 11 is 0. The van der Waals surface area contributed by atoms with Crippen LogP contribution in [0.15, 0.2) is 48.5 Å². The van der Waals surface area contributed by atoms with E-state index in [4.69, 9.17) is 0 Å². The van der Waals surface area contributed by atoms with E-state index in [9.17, 15) is 4.79 Å². The predicted molar refractivity (Wildman–Crippen MR) is 112 cm³/mol. The van der Waals surface area contributed by atoms with Crippen LogP contribution in [0.25, 0.3) is 10.9 Å². The van der Waals surface area contributed by atoms with Gasteiger partial charge in [-0.25, -0.2) is 0 Å². The molecule has 4 rings (SSSR count). The van der Waals surface area contributed by atoms with Gasteiger partial charge in [0.1, 0.15) is 0 Å². The van der Waals surface area contributed by atoms with Crippen LogP contribution >= 0.6 is 0 Å². The molecular formula is C23H27N3O. The second kappa shape index (κ2) is 7.10. The van der Waals surface area contributed by atoms with Crippen molar-refractivity contribution in [2.24, 2.45) is 0 Å². The van der Waals surface area contributed by atoms with Crippen molar-refractivity contribution in [1.29, 1.82) is 0 Å². The minimum absolute atomic E-state index is 0.144. The van der Waals surface area contributed by atoms with Gasteiger partial charge in [0.2, 0.25) is 0 Å². The Kier molecular flexibility index (Phi) is 4.65. The van der Waals surface area contributed by atoms with Crippen molar-refractivity contribution in [1.82, 2.24) is 9.47 Å². The first-order valence-corrected chi connectivity index (χ1v) is 9.79. The van der Waals surface area contributed by atoms with E-state index in [1.807, 2.05) is 17.0 Å². The van der Waals surface area contributed by atoms with E-state index in [1.54, 1.807) is 0 Å². The van der Waals surface area contributed by atoms with E-state index < -0.39 is 0 Å². The molecule has 2 aromatic carbocycles. The molecule has 1 fully saturated rings. The third kappa shape index (κ3) is 3.09. The number of nitrogens with zero attached hydrogens (tertiary/aromatic N) is 3. The molecule has 4 nitrogen and oxygen atoms in total. The number of para-hydroxylation sites is 1. The number of piperazine rings is 1. The molecule has 4 heteroatoms. The Morgan fingerprint density at radius 3 is 2.33 bits per heavy atom. The molecule has 1 aromatic heterocycles. The third-order valence-corrected chi connectivity index (χ3v) is 5.89. The van der Waals surface area contributed by atoms with Gasteiger partial charge in [-0.1, -0.05) is 18.2 Å². The van der Waals surface area contributed by atoms with Crippen LogP contribution in [-0.4, -0.2) is 41.6 Å². The van der Waals surface area contributed by atoms with Gasteiger partial charge in [-0.2, -0.15) is 0 Å². The number of hydrogen-bond donors (Lipinski definition) is 0. The standard InChI is InChI=1S/C23H27N3O/c1-4-26-18(3)17(2)21-16-19(10-11-22(21)26)23(27)25-14-12-24(13-15-25)20-8-6-5-7-9-20/h5-11,16H,4,12-15H2,1-3H3. The van der Waals surface area contributed by atoms with Crippen LogP contribution in [-0.2, 0) is 6.54 Å². The minimum Gasteiger partial charge on any atom is -0.368 e. The number of hydrogen-bond acceptors (Lipinski definition) is 2. The van der Waals surface area contributed by atoms with E-state index in [1.165, 1.54) is 27.8 Å². The highest BCUT2D eigenvalue weighted by molar-refractivity contribution is 5.99. The zero-order valence-electron chi connectivity index (χ0n) is 16.4. The summed E-state index contributed by atoms with van der Waals surface area (Å²) in [5.74, 6) is 0.144. The first-order chi connectivity index (χ1) is 13.1. The van der Waals surface area contributed by atoms with Crippen molar-refractivity contribution in [3.8, 4) is 0 Å². The maximum absolute atomic E-state index is 13.1. The quantitative estimate of drug-likeness (QED) is 0.698. The molecule has 2 heterocycles. The summed E-state index contributed by atoms with van der Waals surface area (Å²) in [6, 6.07) is 16.6. The molecule has 27 heavy (non-hydrogen) atoms. The topological polar surface area (TPSA) is 28.5 Å². The lowest BCUT2D eigenvalue weighted by Gasteiger charge is -2.36. The Morgan fingerprint density at radius 1 is 0.963 bits per heavy atom. The van der Waals surface area contributed by atoms with E-state index >= 15 is 0 Å². The Labute approximate surface area is 161 Å². The fourth-order valence-corrected chi connectivity index (χ4v) is 4.18. The van der Waals surface area contributed by atoms with Crippen molar-refractivity contribution in [2.75, 3.05) is 31.1 Å². The lowest BCUT2D eigenvalue weighted by Crippen LogP contribution is -2.48. The van der Waals surface area contributed by atoms with Crippen LogP contribution in [0.3, 0.4) is 0 Å². The van der Waals surface area contributed by atoms with Crippen molar-refractivity contribution in [2.45, 2.75) is 27.3 Å². The second-order valence-electron chi connectivity index (χ2n) is 7.30. The largest absolute Gasteiger partial charge is 0.368 e. The van der Waals surface area contributed by atoms with Gasteiger partial charge in [0.25, 0.3) is 5.91 Å². The first kappa shape index (κ1) is 17.7. The summed E-state index contributed by atoms with van der Waals surface area (Å²) in [7, 11) is 0. The molecule has 0 unspecified atom stereocenters. The molecule has 3 aromatic rings. The number of anilines is 1. The minimum atomic E-state index is 0.144. The van der Waals surface area contributed by atoms with Crippen LogP contribution < -0.4 is 4.90 Å². The fourth-order valence-electron chi connectivity index (χ4n) is 4.18. The summed E-state index contributed by atoms with van der Waals surface area (Å²) < 4.78 is 2.32. The Morgan fingerprint density at radius 2 is 1.67 bits per heavy atom. The molecule has 1 aliphatic rings. The second-order valence-corrected chi connectivity index (χ2v) is 7.30. The van der Waals surface area contributed by atoms with Crippen molar-refractivity contribution < 1.29 is 4.79 Å². The summed E-state index contributed by atoms with van der Waals surface area (Å²) in [5, 5.41) is 1.20. The Balaban J connectivity index is 1.53. The summed E-state index contributed by atoms with van der Waals surface area (Å²) in [6.45, 7) is 10.7. The number of aromatic nitrogens is 1. The van der Waals surface area contributed by atoms with Crippen molar-refractivity contribution in [3.05, 3.63) is 65.4 Å². The number of fused-ring (bicyclic) bond motifs is 1. The molecule has 0 spiro atoms. The van der Waals surface area contributed by atoms with E-state index in [-0.39, 0.29) is 5.91 Å². The number of benzene rings is 2. The maximum Gasteiger partial charge on any atom is 0.253 e. The molecule has 140 valence electrons. The van der Waals surface area contributed by atoms with Gasteiger partial charge < -0.3 is 14.4 Å². The van der Waals surface area contributed by atoms with E-state index in [0.29, 0.717) is 0 Å². The summed E-state index contributed by atoms with van der Waals surface area (Å²) in [6.07, 6.45) is 0.